The summed E-state index contributed by atoms with van der Waals surface area (Å²) in [4.78, 5) is 0. The summed E-state index contributed by atoms with van der Waals surface area (Å²) in [6.45, 7) is 0. The highest BCUT2D eigenvalue weighted by molar-refractivity contribution is 14.1. The van der Waals surface area contributed by atoms with E-state index in [0.29, 0.717) is 5.69 Å². The van der Waals surface area contributed by atoms with E-state index in [1.165, 1.54) is 0 Å². The Hall–Kier alpha value is -0.490. The Morgan fingerprint density at radius 2 is 2.10 bits per heavy atom. The number of rotatable bonds is 1. The molecule has 0 bridgehead atoms. The third-order valence-corrected chi connectivity index (χ3v) is 1.84. The van der Waals surface area contributed by atoms with E-state index in [1.54, 1.807) is 0 Å². The van der Waals surface area contributed by atoms with Gasteiger partial charge in [0.15, 0.2) is 0 Å². The highest BCUT2D eigenvalue weighted by Gasteiger charge is 1.94. The second-order valence-corrected chi connectivity index (χ2v) is 3.12. The summed E-state index contributed by atoms with van der Waals surface area (Å²) in [7, 11) is 0. The molecule has 0 spiro atoms. The number of hydrogen-bond donors (Lipinski definition) is 3. The minimum atomic E-state index is 0.675. The molecule has 0 aliphatic heterocycles. The highest BCUT2D eigenvalue weighted by atomic mass is 127. The molecule has 3 nitrogen and oxygen atoms in total. The van der Waals surface area contributed by atoms with Gasteiger partial charge in [-0.15, -0.1) is 0 Å². The fourth-order valence-electron chi connectivity index (χ4n) is 0.665. The molecule has 0 heterocycles. The van der Waals surface area contributed by atoms with Gasteiger partial charge >= 0.3 is 0 Å². The molecule has 0 atom stereocenters. The molecule has 0 saturated carbocycles. The first kappa shape index (κ1) is 7.62. The van der Waals surface area contributed by atoms with Crippen molar-refractivity contribution in [2.24, 2.45) is 5.84 Å². The first-order valence-electron chi connectivity index (χ1n) is 2.75. The predicted molar refractivity (Wildman–Crippen MR) is 51.4 cm³/mol. The lowest BCUT2D eigenvalue weighted by atomic mass is 10.3. The summed E-state index contributed by atoms with van der Waals surface area (Å²) < 4.78 is 1.11. The minimum Gasteiger partial charge on any atom is -0.397 e. The van der Waals surface area contributed by atoms with E-state index < -0.39 is 0 Å². The van der Waals surface area contributed by atoms with Gasteiger partial charge in [0.05, 0.1) is 11.4 Å². The number of nitrogens with one attached hydrogen (secondary N) is 1. The van der Waals surface area contributed by atoms with Crippen molar-refractivity contribution in [3.63, 3.8) is 0 Å². The quantitative estimate of drug-likeness (QED) is 0.303. The second-order valence-electron chi connectivity index (χ2n) is 1.88. The van der Waals surface area contributed by atoms with Gasteiger partial charge in [0.25, 0.3) is 0 Å². The van der Waals surface area contributed by atoms with E-state index in [-0.39, 0.29) is 0 Å². The van der Waals surface area contributed by atoms with Crippen LogP contribution in [0.2, 0.25) is 0 Å². The van der Waals surface area contributed by atoms with Gasteiger partial charge in [0.2, 0.25) is 0 Å². The van der Waals surface area contributed by atoms with Crippen molar-refractivity contribution in [1.29, 1.82) is 0 Å². The number of hydrazine groups is 1. The van der Waals surface area contributed by atoms with Crippen molar-refractivity contribution in [1.82, 2.24) is 0 Å². The molecular formula is C6H8IN3. The zero-order valence-electron chi connectivity index (χ0n) is 5.26. The fraction of sp³-hybridized carbons (Fsp3) is 0. The molecule has 0 aliphatic carbocycles. The number of benzene rings is 1. The van der Waals surface area contributed by atoms with E-state index in [4.69, 9.17) is 11.6 Å². The van der Waals surface area contributed by atoms with Crippen molar-refractivity contribution < 1.29 is 0 Å². The number of hydrogen-bond acceptors (Lipinski definition) is 3. The Morgan fingerprint density at radius 3 is 2.60 bits per heavy atom. The Bertz CT molecular complexity index is 236. The SMILES string of the molecule is NNc1ccc(I)cc1N. The Morgan fingerprint density at radius 1 is 1.40 bits per heavy atom. The predicted octanol–water partition coefficient (Wildman–Crippen LogP) is 1.16. The fourth-order valence-corrected chi connectivity index (χ4v) is 1.18. The Labute approximate surface area is 72.9 Å². The summed E-state index contributed by atoms with van der Waals surface area (Å²) in [5.41, 5.74) is 9.52. The average molecular weight is 249 g/mol. The first-order chi connectivity index (χ1) is 4.74. The molecule has 0 aromatic heterocycles. The highest BCUT2D eigenvalue weighted by Crippen LogP contribution is 2.19. The van der Waals surface area contributed by atoms with Crippen LogP contribution in [0.25, 0.3) is 0 Å². The molecule has 1 aromatic rings. The van der Waals surface area contributed by atoms with E-state index in [0.717, 1.165) is 9.26 Å². The summed E-state index contributed by atoms with van der Waals surface area (Å²) in [5, 5.41) is 0. The van der Waals surface area contributed by atoms with Crippen LogP contribution < -0.4 is 17.0 Å². The van der Waals surface area contributed by atoms with Crippen molar-refractivity contribution in [3.8, 4) is 0 Å². The lowest BCUT2D eigenvalue weighted by Gasteiger charge is -2.03. The molecule has 5 N–H and O–H groups in total. The third-order valence-electron chi connectivity index (χ3n) is 1.17. The maximum Gasteiger partial charge on any atom is 0.0716 e. The number of nitrogen functional groups attached to an aromatic ring is 2. The number of anilines is 2. The summed E-state index contributed by atoms with van der Waals surface area (Å²) >= 11 is 2.19. The number of nitrogens with two attached hydrogens (primary N) is 2. The van der Waals surface area contributed by atoms with Crippen LogP contribution in [0.1, 0.15) is 0 Å². The van der Waals surface area contributed by atoms with E-state index in [2.05, 4.69) is 28.0 Å². The molecule has 10 heavy (non-hydrogen) atoms. The average Bonchev–Trinajstić information content (AvgIpc) is 1.88. The number of halogens is 1. The van der Waals surface area contributed by atoms with Gasteiger partial charge in [-0.1, -0.05) is 0 Å². The van der Waals surface area contributed by atoms with Crippen LogP contribution in [-0.4, -0.2) is 0 Å². The zero-order chi connectivity index (χ0) is 7.56. The van der Waals surface area contributed by atoms with Gasteiger partial charge in [-0.2, -0.15) is 0 Å². The normalized spacial score (nSPS) is 9.40. The van der Waals surface area contributed by atoms with Crippen molar-refractivity contribution >= 4 is 34.0 Å². The molecular weight excluding hydrogens is 241 g/mol. The second kappa shape index (κ2) is 3.07. The lowest BCUT2D eigenvalue weighted by molar-refractivity contribution is 1.35. The van der Waals surface area contributed by atoms with Gasteiger partial charge < -0.3 is 11.2 Å². The van der Waals surface area contributed by atoms with Gasteiger partial charge in [0, 0.05) is 3.57 Å². The van der Waals surface area contributed by atoms with Crippen molar-refractivity contribution in [3.05, 3.63) is 21.8 Å². The molecule has 0 saturated heterocycles. The topological polar surface area (TPSA) is 64.1 Å². The Kier molecular flexibility index (Phi) is 2.34. The van der Waals surface area contributed by atoms with Crippen LogP contribution in [0.5, 0.6) is 0 Å². The van der Waals surface area contributed by atoms with Crippen molar-refractivity contribution in [2.45, 2.75) is 0 Å². The van der Waals surface area contributed by atoms with E-state index in [1.807, 2.05) is 18.2 Å². The minimum absolute atomic E-state index is 0.675. The molecule has 1 aromatic carbocycles. The maximum absolute atomic E-state index is 5.58. The molecule has 0 amide bonds. The summed E-state index contributed by atoms with van der Waals surface area (Å²) in [5.74, 6) is 5.17. The molecule has 0 radical (unpaired) electrons. The zero-order valence-corrected chi connectivity index (χ0v) is 7.42. The van der Waals surface area contributed by atoms with Gasteiger partial charge in [-0.3, -0.25) is 5.84 Å². The van der Waals surface area contributed by atoms with Crippen LogP contribution in [0.15, 0.2) is 18.2 Å². The lowest BCUT2D eigenvalue weighted by Crippen LogP contribution is -2.08. The maximum atomic E-state index is 5.58. The molecule has 54 valence electrons. The van der Waals surface area contributed by atoms with Crippen LogP contribution >= 0.6 is 22.6 Å². The van der Waals surface area contributed by atoms with E-state index in [9.17, 15) is 0 Å². The Balaban J connectivity index is 3.07. The summed E-state index contributed by atoms with van der Waals surface area (Å²) in [6, 6.07) is 5.64. The standard InChI is InChI=1S/C6H8IN3/c7-4-1-2-6(10-9)5(8)3-4/h1-3,10H,8-9H2. The van der Waals surface area contributed by atoms with Gasteiger partial charge in [-0.05, 0) is 40.8 Å². The monoisotopic (exact) mass is 249 g/mol. The van der Waals surface area contributed by atoms with Crippen LogP contribution in [0.4, 0.5) is 11.4 Å². The smallest absolute Gasteiger partial charge is 0.0716 e. The first-order valence-corrected chi connectivity index (χ1v) is 3.83. The molecule has 0 fully saturated rings. The van der Waals surface area contributed by atoms with E-state index >= 15 is 0 Å². The van der Waals surface area contributed by atoms with Crippen molar-refractivity contribution in [2.75, 3.05) is 11.2 Å². The van der Waals surface area contributed by atoms with Gasteiger partial charge in [0.1, 0.15) is 0 Å². The third kappa shape index (κ3) is 1.51. The largest absolute Gasteiger partial charge is 0.397 e. The van der Waals surface area contributed by atoms with Crippen LogP contribution in [0.3, 0.4) is 0 Å². The van der Waals surface area contributed by atoms with Gasteiger partial charge in [-0.25, -0.2) is 0 Å². The van der Waals surface area contributed by atoms with Crippen LogP contribution in [0, 0.1) is 3.57 Å². The molecule has 4 heteroatoms. The molecule has 1 rings (SSSR count). The molecule has 0 aliphatic rings. The summed E-state index contributed by atoms with van der Waals surface area (Å²) in [6.07, 6.45) is 0. The molecule has 0 unspecified atom stereocenters. The van der Waals surface area contributed by atoms with Crippen LogP contribution in [-0.2, 0) is 0 Å².